The predicted octanol–water partition coefficient (Wildman–Crippen LogP) is 4.69. The van der Waals surface area contributed by atoms with Gasteiger partial charge in [0.15, 0.2) is 0 Å². The number of amides is 2. The molecule has 2 N–H and O–H groups in total. The number of carboxylic acid groups (broad SMARTS) is 1. The molecule has 196 valence electrons. The maximum absolute atomic E-state index is 11.7. The number of carbonyl (C=O) groups is 2. The van der Waals surface area contributed by atoms with E-state index in [0.717, 1.165) is 27.9 Å². The third kappa shape index (κ3) is 6.00. The number of nitrogens with one attached hydrogen (secondary N) is 1. The van der Waals surface area contributed by atoms with Gasteiger partial charge in [0.1, 0.15) is 0 Å². The van der Waals surface area contributed by atoms with E-state index in [2.05, 4.69) is 46.0 Å². The first-order chi connectivity index (χ1) is 18.5. The highest BCUT2D eigenvalue weighted by Crippen LogP contribution is 2.31. The summed E-state index contributed by atoms with van der Waals surface area (Å²) in [6.45, 7) is 3.20. The van der Waals surface area contributed by atoms with Gasteiger partial charge in [-0.25, -0.2) is 9.48 Å². The van der Waals surface area contributed by atoms with Crippen molar-refractivity contribution in [3.05, 3.63) is 89.7 Å². The number of aryl methyl sites for hydroxylation is 2. The maximum Gasteiger partial charge on any atom is 0.407 e. The quantitative estimate of drug-likeness (QED) is 0.354. The van der Waals surface area contributed by atoms with Crippen molar-refractivity contribution in [1.29, 1.82) is 0 Å². The molecule has 0 saturated carbocycles. The van der Waals surface area contributed by atoms with E-state index in [1.54, 1.807) is 6.20 Å². The zero-order chi connectivity index (χ0) is 26.5. The molecule has 0 radical (unpaired) electrons. The number of benzene rings is 3. The fourth-order valence-corrected chi connectivity index (χ4v) is 5.10. The van der Waals surface area contributed by atoms with Crippen LogP contribution in [-0.4, -0.2) is 56.2 Å². The molecule has 9 nitrogen and oxygen atoms in total. The van der Waals surface area contributed by atoms with Gasteiger partial charge in [-0.15, -0.1) is 5.10 Å². The number of rotatable bonds is 8. The van der Waals surface area contributed by atoms with E-state index in [1.165, 1.54) is 17.2 Å². The average molecular weight is 514 g/mol. The molecule has 38 heavy (non-hydrogen) atoms. The van der Waals surface area contributed by atoms with Crippen molar-refractivity contribution < 1.29 is 19.4 Å². The Kier molecular flexibility index (Phi) is 7.65. The van der Waals surface area contributed by atoms with E-state index in [1.807, 2.05) is 41.1 Å². The molecule has 2 amide bonds. The van der Waals surface area contributed by atoms with E-state index >= 15 is 0 Å². The lowest BCUT2D eigenvalue weighted by atomic mass is 9.90. The summed E-state index contributed by atoms with van der Waals surface area (Å²) in [6, 6.07) is 22.2. The van der Waals surface area contributed by atoms with Crippen LogP contribution in [-0.2, 0) is 29.1 Å². The maximum atomic E-state index is 11.7. The smallest absolute Gasteiger partial charge is 0.407 e. The minimum Gasteiger partial charge on any atom is -0.465 e. The molecule has 4 aromatic rings. The normalized spacial score (nSPS) is 17.4. The summed E-state index contributed by atoms with van der Waals surface area (Å²) >= 11 is 0. The fourth-order valence-electron chi connectivity index (χ4n) is 5.10. The Bertz CT molecular complexity index is 1440. The second kappa shape index (κ2) is 11.4. The topological polar surface area (TPSA) is 110 Å². The Labute approximate surface area is 221 Å². The third-order valence-electron chi connectivity index (χ3n) is 6.99. The van der Waals surface area contributed by atoms with E-state index in [9.17, 15) is 14.7 Å². The molecule has 1 aliphatic rings. The molecule has 2 atom stereocenters. The average Bonchev–Trinajstić information content (AvgIpc) is 3.38. The minimum absolute atomic E-state index is 0.0354. The lowest BCUT2D eigenvalue weighted by Crippen LogP contribution is -2.46. The van der Waals surface area contributed by atoms with Gasteiger partial charge >= 0.3 is 6.09 Å². The number of fused-ring (bicyclic) bond motifs is 1. The number of ether oxygens (including phenoxy) is 1. The van der Waals surface area contributed by atoms with Crippen LogP contribution in [0.25, 0.3) is 10.8 Å². The van der Waals surface area contributed by atoms with Crippen LogP contribution in [0.2, 0.25) is 0 Å². The molecule has 0 spiro atoms. The first-order valence-electron chi connectivity index (χ1n) is 12.8. The highest BCUT2D eigenvalue weighted by atomic mass is 16.5. The summed E-state index contributed by atoms with van der Waals surface area (Å²) in [4.78, 5) is 24.6. The number of aromatic nitrogens is 3. The molecule has 3 aromatic carbocycles. The van der Waals surface area contributed by atoms with Crippen molar-refractivity contribution in [2.75, 3.05) is 18.4 Å². The third-order valence-corrected chi connectivity index (χ3v) is 6.99. The fraction of sp³-hybridized carbons (Fsp3) is 0.310. The first-order valence-corrected chi connectivity index (χ1v) is 12.8. The lowest BCUT2D eigenvalue weighted by Gasteiger charge is -2.37. The Balaban J connectivity index is 1.31. The van der Waals surface area contributed by atoms with Crippen LogP contribution in [0.5, 0.6) is 0 Å². The van der Waals surface area contributed by atoms with E-state index in [-0.39, 0.29) is 24.5 Å². The highest BCUT2D eigenvalue weighted by molar-refractivity contribution is 5.88. The van der Waals surface area contributed by atoms with Crippen molar-refractivity contribution in [3.8, 4) is 0 Å². The molecular weight excluding hydrogens is 482 g/mol. The molecule has 1 aliphatic heterocycles. The highest BCUT2D eigenvalue weighted by Gasteiger charge is 2.35. The van der Waals surface area contributed by atoms with Crippen LogP contribution in [0.4, 0.5) is 10.5 Å². The molecule has 5 rings (SSSR count). The molecule has 9 heteroatoms. The van der Waals surface area contributed by atoms with E-state index in [4.69, 9.17) is 4.74 Å². The summed E-state index contributed by atoms with van der Waals surface area (Å²) in [7, 11) is 0. The van der Waals surface area contributed by atoms with Crippen LogP contribution < -0.4 is 5.32 Å². The van der Waals surface area contributed by atoms with E-state index in [0.29, 0.717) is 32.5 Å². The van der Waals surface area contributed by atoms with E-state index < -0.39 is 6.09 Å². The van der Waals surface area contributed by atoms with Crippen molar-refractivity contribution >= 4 is 28.5 Å². The predicted molar refractivity (Wildman–Crippen MR) is 144 cm³/mol. The van der Waals surface area contributed by atoms with Gasteiger partial charge in [0.2, 0.25) is 5.91 Å². The summed E-state index contributed by atoms with van der Waals surface area (Å²) in [6.07, 6.45) is 1.84. The molecular formula is C29H31N5O4. The summed E-state index contributed by atoms with van der Waals surface area (Å²) < 4.78 is 8.28. The van der Waals surface area contributed by atoms with Gasteiger partial charge in [0, 0.05) is 31.6 Å². The zero-order valence-electron chi connectivity index (χ0n) is 21.3. The van der Waals surface area contributed by atoms with Gasteiger partial charge in [0.25, 0.3) is 0 Å². The van der Waals surface area contributed by atoms with Crippen LogP contribution in [0, 0.1) is 0 Å². The second-order valence-corrected chi connectivity index (χ2v) is 9.67. The SMILES string of the molecule is CC(=O)Nc1cccc(CCn2nncc2C2CCN(C(=O)O)CC2OCc2ccc3ccccc3c2)c1. The molecule has 2 unspecified atom stereocenters. The monoisotopic (exact) mass is 513 g/mol. The van der Waals surface area contributed by atoms with Crippen molar-refractivity contribution in [2.45, 2.75) is 44.9 Å². The van der Waals surface area contributed by atoms with Crippen molar-refractivity contribution in [2.24, 2.45) is 0 Å². The van der Waals surface area contributed by atoms with Crippen LogP contribution >= 0.6 is 0 Å². The Morgan fingerprint density at radius 3 is 2.71 bits per heavy atom. The van der Waals surface area contributed by atoms with Gasteiger partial charge in [-0.05, 0) is 52.9 Å². The molecule has 0 aliphatic carbocycles. The second-order valence-electron chi connectivity index (χ2n) is 9.67. The number of likely N-dealkylation sites (tertiary alicyclic amines) is 1. The molecule has 1 fully saturated rings. The number of carbonyl (C=O) groups excluding carboxylic acids is 1. The Morgan fingerprint density at radius 2 is 1.89 bits per heavy atom. The van der Waals surface area contributed by atoms with Crippen LogP contribution in [0.15, 0.2) is 72.9 Å². The number of piperidine rings is 1. The molecule has 1 saturated heterocycles. The van der Waals surface area contributed by atoms with Gasteiger partial charge in [-0.1, -0.05) is 53.7 Å². The zero-order valence-corrected chi connectivity index (χ0v) is 21.3. The van der Waals surface area contributed by atoms with Gasteiger partial charge in [0.05, 0.1) is 31.1 Å². The van der Waals surface area contributed by atoms with Crippen LogP contribution in [0.3, 0.4) is 0 Å². The lowest BCUT2D eigenvalue weighted by molar-refractivity contribution is -0.114. The van der Waals surface area contributed by atoms with Gasteiger partial charge < -0.3 is 20.1 Å². The molecule has 0 bridgehead atoms. The van der Waals surface area contributed by atoms with Crippen molar-refractivity contribution in [1.82, 2.24) is 19.9 Å². The number of anilines is 1. The Hall–Kier alpha value is -4.24. The van der Waals surface area contributed by atoms with Crippen LogP contribution in [0.1, 0.15) is 36.1 Å². The number of hydrogen-bond acceptors (Lipinski definition) is 5. The first kappa shape index (κ1) is 25.4. The summed E-state index contributed by atoms with van der Waals surface area (Å²) in [5.74, 6) is -0.144. The number of hydrogen-bond donors (Lipinski definition) is 2. The van der Waals surface area contributed by atoms with Gasteiger partial charge in [-0.2, -0.15) is 0 Å². The number of nitrogens with zero attached hydrogens (tertiary/aromatic N) is 4. The minimum atomic E-state index is -0.937. The summed E-state index contributed by atoms with van der Waals surface area (Å²) in [5, 5.41) is 23.3. The molecule has 2 heterocycles. The van der Waals surface area contributed by atoms with Gasteiger partial charge in [-0.3, -0.25) is 4.79 Å². The largest absolute Gasteiger partial charge is 0.465 e. The molecule has 1 aromatic heterocycles. The van der Waals surface area contributed by atoms with Crippen molar-refractivity contribution in [3.63, 3.8) is 0 Å². The standard InChI is InChI=1S/C29H31N5O4/c1-20(35)31-25-8-4-5-21(16-25)11-14-34-27(17-30-32-34)26-12-13-33(29(36)37)18-28(26)38-19-22-9-10-23-6-2-3-7-24(23)15-22/h2-10,15-17,26,28H,11-14,18-19H2,1H3,(H,31,35)(H,36,37). The Morgan fingerprint density at radius 1 is 1.05 bits per heavy atom. The summed E-state index contributed by atoms with van der Waals surface area (Å²) in [5.41, 5.74) is 3.82.